The van der Waals surface area contributed by atoms with Crippen LogP contribution in [-0.2, 0) is 11.3 Å². The van der Waals surface area contributed by atoms with Crippen molar-refractivity contribution >= 4 is 16.8 Å². The van der Waals surface area contributed by atoms with Gasteiger partial charge >= 0.3 is 0 Å². The molecule has 1 aliphatic heterocycles. The number of carbonyl (C=O) groups excluding carboxylic acids is 1. The highest BCUT2D eigenvalue weighted by molar-refractivity contribution is 5.80. The Kier molecular flexibility index (Phi) is 4.73. The standard InChI is InChI=1S/C17H24N4O/c1-14-4-5-16-15(12-14)13-19-21(16)10-6-17(22)18-7-11-20-8-2-3-9-20/h4-5,12-13H,2-3,6-11H2,1H3,(H,18,22). The number of nitrogens with one attached hydrogen (secondary N) is 1. The van der Waals surface area contributed by atoms with Crippen LogP contribution in [0.25, 0.3) is 10.9 Å². The van der Waals surface area contributed by atoms with Crippen LogP contribution in [0.15, 0.2) is 24.4 Å². The molecule has 0 bridgehead atoms. The van der Waals surface area contributed by atoms with Gasteiger partial charge in [-0.3, -0.25) is 9.48 Å². The Morgan fingerprint density at radius 1 is 1.27 bits per heavy atom. The number of fused-ring (bicyclic) bond motifs is 1. The summed E-state index contributed by atoms with van der Waals surface area (Å²) in [5, 5.41) is 8.52. The lowest BCUT2D eigenvalue weighted by molar-refractivity contribution is -0.121. The van der Waals surface area contributed by atoms with Crippen molar-refractivity contribution in [2.24, 2.45) is 0 Å². The van der Waals surface area contributed by atoms with Gasteiger partial charge in [-0.25, -0.2) is 0 Å². The number of rotatable bonds is 6. The minimum absolute atomic E-state index is 0.106. The Morgan fingerprint density at radius 2 is 2.09 bits per heavy atom. The van der Waals surface area contributed by atoms with Crippen molar-refractivity contribution in [3.63, 3.8) is 0 Å². The van der Waals surface area contributed by atoms with Crippen LogP contribution < -0.4 is 5.32 Å². The largest absolute Gasteiger partial charge is 0.355 e. The van der Waals surface area contributed by atoms with E-state index in [4.69, 9.17) is 0 Å². The SMILES string of the molecule is Cc1ccc2c(cnn2CCC(=O)NCCN2CCCC2)c1. The lowest BCUT2D eigenvalue weighted by Crippen LogP contribution is -2.33. The first-order chi connectivity index (χ1) is 10.7. The summed E-state index contributed by atoms with van der Waals surface area (Å²) in [6.07, 6.45) is 4.93. The fourth-order valence-corrected chi connectivity index (χ4v) is 3.04. The molecule has 0 unspecified atom stereocenters. The molecule has 2 heterocycles. The second-order valence-electron chi connectivity index (χ2n) is 6.08. The van der Waals surface area contributed by atoms with Gasteiger partial charge < -0.3 is 10.2 Å². The third kappa shape index (κ3) is 3.65. The minimum atomic E-state index is 0.106. The molecule has 1 aromatic carbocycles. The number of likely N-dealkylation sites (tertiary alicyclic amines) is 1. The van der Waals surface area contributed by atoms with Crippen molar-refractivity contribution < 1.29 is 4.79 Å². The topological polar surface area (TPSA) is 50.2 Å². The summed E-state index contributed by atoms with van der Waals surface area (Å²) >= 11 is 0. The number of amides is 1. The molecule has 0 spiro atoms. The van der Waals surface area contributed by atoms with Crippen LogP contribution in [0.4, 0.5) is 0 Å². The van der Waals surface area contributed by atoms with E-state index in [1.165, 1.54) is 31.5 Å². The Hall–Kier alpha value is -1.88. The first kappa shape index (κ1) is 15.0. The maximum Gasteiger partial charge on any atom is 0.221 e. The second kappa shape index (κ2) is 6.92. The molecule has 22 heavy (non-hydrogen) atoms. The lowest BCUT2D eigenvalue weighted by Gasteiger charge is -2.14. The van der Waals surface area contributed by atoms with E-state index in [1.807, 2.05) is 10.9 Å². The van der Waals surface area contributed by atoms with Crippen molar-refractivity contribution in [2.75, 3.05) is 26.2 Å². The molecule has 1 N–H and O–H groups in total. The molecule has 0 aliphatic carbocycles. The van der Waals surface area contributed by atoms with Gasteiger partial charge in [0.05, 0.1) is 18.3 Å². The third-order valence-corrected chi connectivity index (χ3v) is 4.30. The summed E-state index contributed by atoms with van der Waals surface area (Å²) in [5.41, 5.74) is 2.32. The molecule has 0 radical (unpaired) electrons. The molecule has 1 fully saturated rings. The van der Waals surface area contributed by atoms with Crippen LogP contribution in [0.3, 0.4) is 0 Å². The Labute approximate surface area is 131 Å². The predicted molar refractivity (Wildman–Crippen MR) is 87.8 cm³/mol. The van der Waals surface area contributed by atoms with Crippen LogP contribution in [0, 0.1) is 6.92 Å². The molecule has 3 rings (SSSR count). The Morgan fingerprint density at radius 3 is 2.91 bits per heavy atom. The Bertz CT molecular complexity index is 643. The van der Waals surface area contributed by atoms with E-state index >= 15 is 0 Å². The van der Waals surface area contributed by atoms with Gasteiger partial charge in [0.2, 0.25) is 5.91 Å². The molecule has 1 aliphatic rings. The molecular weight excluding hydrogens is 276 g/mol. The van der Waals surface area contributed by atoms with Gasteiger partial charge in [0.1, 0.15) is 0 Å². The van der Waals surface area contributed by atoms with Gasteiger partial charge in [0, 0.05) is 24.9 Å². The maximum absolute atomic E-state index is 11.9. The Balaban J connectivity index is 1.45. The van der Waals surface area contributed by atoms with E-state index in [1.54, 1.807) is 0 Å². The fraction of sp³-hybridized carbons (Fsp3) is 0.529. The van der Waals surface area contributed by atoms with Gasteiger partial charge in [-0.05, 0) is 45.0 Å². The molecule has 5 nitrogen and oxygen atoms in total. The zero-order valence-electron chi connectivity index (χ0n) is 13.2. The van der Waals surface area contributed by atoms with Crippen LogP contribution in [-0.4, -0.2) is 46.8 Å². The van der Waals surface area contributed by atoms with Crippen molar-refractivity contribution in [3.8, 4) is 0 Å². The number of aryl methyl sites for hydroxylation is 2. The summed E-state index contributed by atoms with van der Waals surface area (Å²) in [4.78, 5) is 14.3. The first-order valence-electron chi connectivity index (χ1n) is 8.13. The molecule has 5 heteroatoms. The molecule has 2 aromatic rings. The number of benzene rings is 1. The van der Waals surface area contributed by atoms with E-state index < -0.39 is 0 Å². The number of carbonyl (C=O) groups is 1. The molecule has 1 aromatic heterocycles. The van der Waals surface area contributed by atoms with E-state index in [2.05, 4.69) is 40.4 Å². The van der Waals surface area contributed by atoms with Gasteiger partial charge in [0.25, 0.3) is 0 Å². The molecule has 1 saturated heterocycles. The van der Waals surface area contributed by atoms with Crippen LogP contribution in [0.1, 0.15) is 24.8 Å². The van der Waals surface area contributed by atoms with Crippen molar-refractivity contribution in [1.82, 2.24) is 20.0 Å². The number of hydrogen-bond acceptors (Lipinski definition) is 3. The summed E-state index contributed by atoms with van der Waals surface area (Å²) < 4.78 is 1.91. The van der Waals surface area contributed by atoms with Crippen LogP contribution in [0.5, 0.6) is 0 Å². The molecule has 118 valence electrons. The fourth-order valence-electron chi connectivity index (χ4n) is 3.04. The molecule has 0 atom stereocenters. The first-order valence-corrected chi connectivity index (χ1v) is 8.13. The van der Waals surface area contributed by atoms with Crippen molar-refractivity contribution in [2.45, 2.75) is 32.7 Å². The smallest absolute Gasteiger partial charge is 0.221 e. The van der Waals surface area contributed by atoms with Crippen LogP contribution in [0.2, 0.25) is 0 Å². The average Bonchev–Trinajstić information content (AvgIpc) is 3.14. The van der Waals surface area contributed by atoms with Crippen LogP contribution >= 0.6 is 0 Å². The highest BCUT2D eigenvalue weighted by Gasteiger charge is 2.11. The van der Waals surface area contributed by atoms with Gasteiger partial charge in [0.15, 0.2) is 0 Å². The zero-order valence-corrected chi connectivity index (χ0v) is 13.2. The predicted octanol–water partition coefficient (Wildman–Crippen LogP) is 1.95. The monoisotopic (exact) mass is 300 g/mol. The maximum atomic E-state index is 11.9. The molecule has 1 amide bonds. The van der Waals surface area contributed by atoms with Gasteiger partial charge in [-0.2, -0.15) is 5.10 Å². The van der Waals surface area contributed by atoms with E-state index in [0.717, 1.165) is 24.0 Å². The minimum Gasteiger partial charge on any atom is -0.355 e. The number of hydrogen-bond donors (Lipinski definition) is 1. The molecular formula is C17H24N4O. The van der Waals surface area contributed by atoms with Crippen molar-refractivity contribution in [3.05, 3.63) is 30.0 Å². The molecule has 0 saturated carbocycles. The van der Waals surface area contributed by atoms with Gasteiger partial charge in [-0.15, -0.1) is 0 Å². The third-order valence-electron chi connectivity index (χ3n) is 4.30. The average molecular weight is 300 g/mol. The van der Waals surface area contributed by atoms with E-state index in [0.29, 0.717) is 13.0 Å². The van der Waals surface area contributed by atoms with E-state index in [9.17, 15) is 4.79 Å². The number of aromatic nitrogens is 2. The zero-order chi connectivity index (χ0) is 15.4. The quantitative estimate of drug-likeness (QED) is 0.887. The summed E-state index contributed by atoms with van der Waals surface area (Å²) in [6.45, 7) is 6.77. The second-order valence-corrected chi connectivity index (χ2v) is 6.08. The highest BCUT2D eigenvalue weighted by atomic mass is 16.1. The van der Waals surface area contributed by atoms with E-state index in [-0.39, 0.29) is 5.91 Å². The van der Waals surface area contributed by atoms with Crippen molar-refractivity contribution in [1.29, 1.82) is 0 Å². The summed E-state index contributed by atoms with van der Waals surface area (Å²) in [6, 6.07) is 6.27. The summed E-state index contributed by atoms with van der Waals surface area (Å²) in [5.74, 6) is 0.106. The highest BCUT2D eigenvalue weighted by Crippen LogP contribution is 2.15. The number of nitrogens with zero attached hydrogens (tertiary/aromatic N) is 3. The normalized spacial score (nSPS) is 15.5. The van der Waals surface area contributed by atoms with Gasteiger partial charge in [-0.1, -0.05) is 11.6 Å². The summed E-state index contributed by atoms with van der Waals surface area (Å²) in [7, 11) is 0. The lowest BCUT2D eigenvalue weighted by atomic mass is 10.2.